The minimum Gasteiger partial charge on any atom is -0.326 e. The van der Waals surface area contributed by atoms with Crippen molar-refractivity contribution >= 4 is 23.2 Å². The SMILES string of the molecule is CCc1cccc(CC)c1NC(=O)c1cccc(NC(=O)C2CCCCC2)c1. The molecule has 0 heterocycles. The van der Waals surface area contributed by atoms with Gasteiger partial charge in [0.25, 0.3) is 5.91 Å². The van der Waals surface area contributed by atoms with Gasteiger partial charge >= 0.3 is 0 Å². The van der Waals surface area contributed by atoms with Crippen molar-refractivity contribution in [2.75, 3.05) is 10.6 Å². The summed E-state index contributed by atoms with van der Waals surface area (Å²) >= 11 is 0. The van der Waals surface area contributed by atoms with Gasteiger partial charge in [0.05, 0.1) is 0 Å². The molecule has 1 aliphatic rings. The molecule has 28 heavy (non-hydrogen) atoms. The highest BCUT2D eigenvalue weighted by atomic mass is 16.2. The zero-order valence-corrected chi connectivity index (χ0v) is 16.9. The predicted octanol–water partition coefficient (Wildman–Crippen LogP) is 5.58. The molecule has 0 atom stereocenters. The van der Waals surface area contributed by atoms with Crippen LogP contribution in [-0.4, -0.2) is 11.8 Å². The molecule has 0 aliphatic heterocycles. The van der Waals surface area contributed by atoms with Crippen molar-refractivity contribution in [3.63, 3.8) is 0 Å². The quantitative estimate of drug-likeness (QED) is 0.689. The summed E-state index contributed by atoms with van der Waals surface area (Å²) in [5.74, 6) is 0.0148. The average molecular weight is 379 g/mol. The van der Waals surface area contributed by atoms with Crippen molar-refractivity contribution in [2.45, 2.75) is 58.8 Å². The molecule has 2 amide bonds. The Kier molecular flexibility index (Phi) is 6.85. The minimum absolute atomic E-state index is 0.0712. The van der Waals surface area contributed by atoms with Gasteiger partial charge in [-0.25, -0.2) is 0 Å². The summed E-state index contributed by atoms with van der Waals surface area (Å²) in [5, 5.41) is 6.09. The molecule has 2 N–H and O–H groups in total. The standard InChI is InChI=1S/C24H30N2O2/c1-3-17-12-8-13-18(4-2)22(17)26-24(28)20-14-9-15-21(16-20)25-23(27)19-10-6-5-7-11-19/h8-9,12-16,19H,3-7,10-11H2,1-2H3,(H,25,27)(H,26,28). The van der Waals surface area contributed by atoms with Crippen LogP contribution in [0.1, 0.15) is 67.4 Å². The molecule has 4 nitrogen and oxygen atoms in total. The Morgan fingerprint density at radius 3 is 2.18 bits per heavy atom. The fraction of sp³-hybridized carbons (Fsp3) is 0.417. The van der Waals surface area contributed by atoms with Gasteiger partial charge in [-0.3, -0.25) is 9.59 Å². The first kappa shape index (κ1) is 20.1. The number of anilines is 2. The summed E-state index contributed by atoms with van der Waals surface area (Å²) in [6, 6.07) is 13.3. The normalized spacial score (nSPS) is 14.5. The second-order valence-electron chi connectivity index (χ2n) is 7.52. The number of nitrogens with one attached hydrogen (secondary N) is 2. The fourth-order valence-corrected chi connectivity index (χ4v) is 3.94. The van der Waals surface area contributed by atoms with Crippen molar-refractivity contribution in [3.8, 4) is 0 Å². The van der Waals surface area contributed by atoms with E-state index in [9.17, 15) is 9.59 Å². The minimum atomic E-state index is -0.149. The van der Waals surface area contributed by atoms with E-state index in [2.05, 4.69) is 36.6 Å². The van der Waals surface area contributed by atoms with Gasteiger partial charge in [-0.15, -0.1) is 0 Å². The largest absolute Gasteiger partial charge is 0.326 e. The van der Waals surface area contributed by atoms with Crippen LogP contribution in [0.3, 0.4) is 0 Å². The highest BCUT2D eigenvalue weighted by Gasteiger charge is 2.21. The second kappa shape index (κ2) is 9.54. The maximum Gasteiger partial charge on any atom is 0.255 e. The topological polar surface area (TPSA) is 58.2 Å². The molecule has 0 spiro atoms. The first-order valence-corrected chi connectivity index (χ1v) is 10.5. The second-order valence-corrected chi connectivity index (χ2v) is 7.52. The smallest absolute Gasteiger partial charge is 0.255 e. The molecule has 0 bridgehead atoms. The van der Waals surface area contributed by atoms with Crippen molar-refractivity contribution in [1.29, 1.82) is 0 Å². The van der Waals surface area contributed by atoms with Gasteiger partial charge in [0.2, 0.25) is 5.91 Å². The van der Waals surface area contributed by atoms with E-state index in [1.165, 1.54) is 6.42 Å². The van der Waals surface area contributed by atoms with Gasteiger partial charge in [-0.1, -0.05) is 57.4 Å². The number of aryl methyl sites for hydroxylation is 2. The van der Waals surface area contributed by atoms with E-state index in [1.807, 2.05) is 18.2 Å². The molecule has 0 saturated heterocycles. The Hall–Kier alpha value is -2.62. The highest BCUT2D eigenvalue weighted by Crippen LogP contribution is 2.26. The Morgan fingerprint density at radius 1 is 0.893 bits per heavy atom. The third-order valence-corrected chi connectivity index (χ3v) is 5.61. The molecular weight excluding hydrogens is 348 g/mol. The van der Waals surface area contributed by atoms with E-state index >= 15 is 0 Å². The number of benzene rings is 2. The summed E-state index contributed by atoms with van der Waals surface area (Å²) in [4.78, 5) is 25.4. The van der Waals surface area contributed by atoms with Crippen LogP contribution in [-0.2, 0) is 17.6 Å². The molecule has 0 aromatic heterocycles. The zero-order valence-electron chi connectivity index (χ0n) is 16.9. The molecule has 4 heteroatoms. The average Bonchev–Trinajstić information content (AvgIpc) is 2.74. The number of hydrogen-bond donors (Lipinski definition) is 2. The molecule has 3 rings (SSSR count). The van der Waals surface area contributed by atoms with Crippen LogP contribution in [0, 0.1) is 5.92 Å². The summed E-state index contributed by atoms with van der Waals surface area (Å²) in [7, 11) is 0. The number of rotatable bonds is 6. The van der Waals surface area contributed by atoms with Crippen molar-refractivity contribution in [2.24, 2.45) is 5.92 Å². The molecule has 1 saturated carbocycles. The van der Waals surface area contributed by atoms with Crippen LogP contribution < -0.4 is 10.6 Å². The lowest BCUT2D eigenvalue weighted by molar-refractivity contribution is -0.120. The van der Waals surface area contributed by atoms with E-state index in [4.69, 9.17) is 0 Å². The van der Waals surface area contributed by atoms with Crippen molar-refractivity contribution in [3.05, 3.63) is 59.2 Å². The molecule has 2 aromatic rings. The molecule has 0 radical (unpaired) electrons. The Balaban J connectivity index is 1.73. The lowest BCUT2D eigenvalue weighted by Crippen LogP contribution is -2.25. The summed E-state index contributed by atoms with van der Waals surface area (Å²) in [6.45, 7) is 4.18. The maximum absolute atomic E-state index is 12.9. The van der Waals surface area contributed by atoms with Crippen LogP contribution in [0.15, 0.2) is 42.5 Å². The zero-order chi connectivity index (χ0) is 19.9. The van der Waals surface area contributed by atoms with Gasteiger partial charge in [0, 0.05) is 22.9 Å². The third kappa shape index (κ3) is 4.80. The number of para-hydroxylation sites is 1. The number of hydrogen-bond acceptors (Lipinski definition) is 2. The molecule has 0 unspecified atom stereocenters. The van der Waals surface area contributed by atoms with Crippen LogP contribution in [0.5, 0.6) is 0 Å². The lowest BCUT2D eigenvalue weighted by atomic mass is 9.88. The van der Waals surface area contributed by atoms with Crippen molar-refractivity contribution < 1.29 is 9.59 Å². The van der Waals surface area contributed by atoms with E-state index < -0.39 is 0 Å². The molecule has 148 valence electrons. The van der Waals surface area contributed by atoms with Gasteiger partial charge in [0.1, 0.15) is 0 Å². The first-order chi connectivity index (χ1) is 13.6. The summed E-state index contributed by atoms with van der Waals surface area (Å²) in [6.07, 6.45) is 7.10. The van der Waals surface area contributed by atoms with Crippen LogP contribution in [0.4, 0.5) is 11.4 Å². The van der Waals surface area contributed by atoms with Crippen LogP contribution >= 0.6 is 0 Å². The lowest BCUT2D eigenvalue weighted by Gasteiger charge is -2.21. The van der Waals surface area contributed by atoms with Gasteiger partial charge in [-0.2, -0.15) is 0 Å². The van der Waals surface area contributed by atoms with Crippen LogP contribution in [0.25, 0.3) is 0 Å². The first-order valence-electron chi connectivity index (χ1n) is 10.5. The number of carbonyl (C=O) groups is 2. The molecular formula is C24H30N2O2. The highest BCUT2D eigenvalue weighted by molar-refractivity contribution is 6.06. The number of carbonyl (C=O) groups excluding carboxylic acids is 2. The monoisotopic (exact) mass is 378 g/mol. The Bertz CT molecular complexity index is 816. The van der Waals surface area contributed by atoms with Gasteiger partial charge in [0.15, 0.2) is 0 Å². The maximum atomic E-state index is 12.9. The van der Waals surface area contributed by atoms with Crippen LogP contribution in [0.2, 0.25) is 0 Å². The third-order valence-electron chi connectivity index (χ3n) is 5.61. The fourth-order valence-electron chi connectivity index (χ4n) is 3.94. The van der Waals surface area contributed by atoms with E-state index in [-0.39, 0.29) is 17.7 Å². The molecule has 1 fully saturated rings. The van der Waals surface area contributed by atoms with Gasteiger partial charge in [-0.05, 0) is 55.0 Å². The predicted molar refractivity (Wildman–Crippen MR) is 115 cm³/mol. The molecule has 2 aromatic carbocycles. The Labute approximate surface area is 167 Å². The van der Waals surface area contributed by atoms with E-state index in [1.54, 1.807) is 12.1 Å². The van der Waals surface area contributed by atoms with E-state index in [0.29, 0.717) is 11.3 Å². The summed E-state index contributed by atoms with van der Waals surface area (Å²) in [5.41, 5.74) is 4.41. The van der Waals surface area contributed by atoms with Crippen molar-refractivity contribution in [1.82, 2.24) is 0 Å². The Morgan fingerprint density at radius 2 is 1.54 bits per heavy atom. The summed E-state index contributed by atoms with van der Waals surface area (Å²) < 4.78 is 0. The number of amides is 2. The van der Waals surface area contributed by atoms with E-state index in [0.717, 1.165) is 55.3 Å². The molecule has 1 aliphatic carbocycles. The van der Waals surface area contributed by atoms with Gasteiger partial charge < -0.3 is 10.6 Å².